The fourth-order valence-corrected chi connectivity index (χ4v) is 2.30. The van der Waals surface area contributed by atoms with Gasteiger partial charge >= 0.3 is 5.97 Å². The average molecular weight is 286 g/mol. The highest BCUT2D eigenvalue weighted by atomic mass is 16.5. The van der Waals surface area contributed by atoms with Crippen LogP contribution in [0.5, 0.6) is 5.75 Å². The van der Waals surface area contributed by atoms with E-state index in [1.807, 2.05) is 6.07 Å². The van der Waals surface area contributed by atoms with Crippen LogP contribution in [0, 0.1) is 0 Å². The second kappa shape index (κ2) is 5.97. The molecule has 0 amide bonds. The van der Waals surface area contributed by atoms with Crippen LogP contribution in [0.3, 0.4) is 0 Å². The molecule has 0 spiro atoms. The Hall–Kier alpha value is -2.33. The molecule has 0 bridgehead atoms. The molecule has 0 fully saturated rings. The Morgan fingerprint density at radius 2 is 1.67 bits per heavy atom. The molecule has 2 aromatic carbocycles. The van der Waals surface area contributed by atoms with Crippen molar-refractivity contribution in [2.75, 3.05) is 7.11 Å². The number of rotatable bonds is 5. The first-order valence-electron chi connectivity index (χ1n) is 6.61. The second-order valence-corrected chi connectivity index (χ2v) is 5.05. The van der Waals surface area contributed by atoms with Gasteiger partial charge in [0.05, 0.1) is 13.2 Å². The van der Waals surface area contributed by atoms with Crippen LogP contribution in [0.4, 0.5) is 0 Å². The summed E-state index contributed by atoms with van der Waals surface area (Å²) in [5.41, 5.74) is -0.332. The molecule has 2 N–H and O–H groups in total. The lowest BCUT2D eigenvalue weighted by Gasteiger charge is -2.31. The number of benzene rings is 2. The molecule has 21 heavy (non-hydrogen) atoms. The number of hydrogen-bond donors (Lipinski definition) is 2. The normalized spacial score (nSPS) is 15.0. The lowest BCUT2D eigenvalue weighted by atomic mass is 9.75. The number of aliphatic hydroxyl groups is 1. The molecule has 0 radical (unpaired) electrons. The van der Waals surface area contributed by atoms with Gasteiger partial charge in [-0.25, -0.2) is 0 Å². The van der Waals surface area contributed by atoms with Gasteiger partial charge in [-0.05, 0) is 30.2 Å². The van der Waals surface area contributed by atoms with E-state index in [-0.39, 0.29) is 0 Å². The third-order valence-electron chi connectivity index (χ3n) is 3.80. The van der Waals surface area contributed by atoms with Gasteiger partial charge in [-0.15, -0.1) is 0 Å². The second-order valence-electron chi connectivity index (χ2n) is 5.05. The van der Waals surface area contributed by atoms with Crippen LogP contribution in [0.15, 0.2) is 54.6 Å². The molecule has 0 saturated carbocycles. The minimum atomic E-state index is -1.42. The van der Waals surface area contributed by atoms with Crippen molar-refractivity contribution in [3.8, 4) is 5.75 Å². The monoisotopic (exact) mass is 286 g/mol. The maximum Gasteiger partial charge on any atom is 0.316 e. The molecule has 2 aromatic rings. The number of ether oxygens (including phenoxy) is 1. The molecule has 0 heterocycles. The Labute approximate surface area is 123 Å². The van der Waals surface area contributed by atoms with E-state index in [2.05, 4.69) is 0 Å². The van der Waals surface area contributed by atoms with Crippen LogP contribution >= 0.6 is 0 Å². The number of carbonyl (C=O) groups is 1. The molecule has 110 valence electrons. The molecular weight excluding hydrogens is 268 g/mol. The summed E-state index contributed by atoms with van der Waals surface area (Å²) < 4.78 is 5.07. The van der Waals surface area contributed by atoms with E-state index in [1.54, 1.807) is 55.6 Å². The SMILES string of the molecule is COc1ccc(C(O)C(C)(C(=O)O)c2ccccc2)cc1. The first-order chi connectivity index (χ1) is 10.00. The highest BCUT2D eigenvalue weighted by Gasteiger charge is 2.43. The van der Waals surface area contributed by atoms with E-state index in [1.165, 1.54) is 6.92 Å². The topological polar surface area (TPSA) is 66.8 Å². The van der Waals surface area contributed by atoms with Crippen molar-refractivity contribution in [2.45, 2.75) is 18.4 Å². The van der Waals surface area contributed by atoms with Gasteiger partial charge in [-0.1, -0.05) is 42.5 Å². The van der Waals surface area contributed by atoms with E-state index in [4.69, 9.17) is 4.74 Å². The number of hydrogen-bond acceptors (Lipinski definition) is 3. The smallest absolute Gasteiger partial charge is 0.316 e. The Balaban J connectivity index is 2.44. The fourth-order valence-electron chi connectivity index (χ4n) is 2.30. The van der Waals surface area contributed by atoms with Gasteiger partial charge < -0.3 is 14.9 Å². The van der Waals surface area contributed by atoms with Crippen molar-refractivity contribution in [3.05, 3.63) is 65.7 Å². The standard InChI is InChI=1S/C17H18O4/c1-17(16(19)20,13-6-4-3-5-7-13)15(18)12-8-10-14(21-2)11-9-12/h3-11,15,18H,1-2H3,(H,19,20). The predicted octanol–water partition coefficient (Wildman–Crippen LogP) is 2.77. The average Bonchev–Trinajstić information content (AvgIpc) is 2.54. The van der Waals surface area contributed by atoms with Crippen LogP contribution < -0.4 is 4.74 Å². The van der Waals surface area contributed by atoms with E-state index in [9.17, 15) is 15.0 Å². The zero-order chi connectivity index (χ0) is 15.5. The van der Waals surface area contributed by atoms with Crippen molar-refractivity contribution in [2.24, 2.45) is 0 Å². The van der Waals surface area contributed by atoms with Gasteiger partial charge in [0.2, 0.25) is 0 Å². The van der Waals surface area contributed by atoms with Crippen molar-refractivity contribution in [1.29, 1.82) is 0 Å². The summed E-state index contributed by atoms with van der Waals surface area (Å²) in [5.74, 6) is -0.417. The maximum atomic E-state index is 11.8. The fraction of sp³-hybridized carbons (Fsp3) is 0.235. The van der Waals surface area contributed by atoms with Crippen LogP contribution in [0.2, 0.25) is 0 Å². The molecule has 2 unspecified atom stereocenters. The summed E-state index contributed by atoms with van der Waals surface area (Å²) in [6.45, 7) is 1.53. The van der Waals surface area contributed by atoms with Crippen LogP contribution in [-0.4, -0.2) is 23.3 Å². The van der Waals surface area contributed by atoms with E-state index in [0.717, 1.165) is 0 Å². The van der Waals surface area contributed by atoms with Crippen LogP contribution in [-0.2, 0) is 10.2 Å². The highest BCUT2D eigenvalue weighted by Crippen LogP contribution is 2.38. The van der Waals surface area contributed by atoms with Gasteiger partial charge in [0, 0.05) is 0 Å². The number of methoxy groups -OCH3 is 1. The minimum Gasteiger partial charge on any atom is -0.497 e. The van der Waals surface area contributed by atoms with Crippen molar-refractivity contribution >= 4 is 5.97 Å². The van der Waals surface area contributed by atoms with Gasteiger partial charge in [0.15, 0.2) is 0 Å². The zero-order valence-corrected chi connectivity index (χ0v) is 12.0. The Morgan fingerprint density at radius 3 is 2.14 bits per heavy atom. The summed E-state index contributed by atoms with van der Waals surface area (Å²) in [4.78, 5) is 11.8. The highest BCUT2D eigenvalue weighted by molar-refractivity contribution is 5.82. The van der Waals surface area contributed by atoms with Crippen molar-refractivity contribution in [1.82, 2.24) is 0 Å². The van der Waals surface area contributed by atoms with Crippen molar-refractivity contribution < 1.29 is 19.7 Å². The molecule has 2 atom stereocenters. The summed E-state index contributed by atoms with van der Waals surface area (Å²) >= 11 is 0. The van der Waals surface area contributed by atoms with Crippen molar-refractivity contribution in [3.63, 3.8) is 0 Å². The lowest BCUT2D eigenvalue weighted by Crippen LogP contribution is -2.39. The molecule has 4 heteroatoms. The summed E-state index contributed by atoms with van der Waals surface area (Å²) in [5, 5.41) is 20.2. The van der Waals surface area contributed by atoms with Crippen LogP contribution in [0.1, 0.15) is 24.2 Å². The van der Waals surface area contributed by atoms with Gasteiger partial charge in [-0.3, -0.25) is 4.79 Å². The Morgan fingerprint density at radius 1 is 1.10 bits per heavy atom. The predicted molar refractivity (Wildman–Crippen MR) is 79.4 cm³/mol. The molecule has 0 saturated heterocycles. The molecule has 2 rings (SSSR count). The third kappa shape index (κ3) is 2.76. The summed E-state index contributed by atoms with van der Waals surface area (Å²) in [6.07, 6.45) is -1.16. The molecule has 0 aliphatic carbocycles. The molecule has 0 aliphatic heterocycles. The van der Waals surface area contributed by atoms with Gasteiger partial charge in [-0.2, -0.15) is 0 Å². The van der Waals surface area contributed by atoms with Gasteiger partial charge in [0.25, 0.3) is 0 Å². The quantitative estimate of drug-likeness (QED) is 0.887. The summed E-state index contributed by atoms with van der Waals surface area (Å²) in [7, 11) is 1.55. The van der Waals surface area contributed by atoms with E-state index < -0.39 is 17.5 Å². The first-order valence-corrected chi connectivity index (χ1v) is 6.61. The number of carboxylic acids is 1. The first kappa shape index (κ1) is 15.1. The zero-order valence-electron chi connectivity index (χ0n) is 12.0. The van der Waals surface area contributed by atoms with Crippen LogP contribution in [0.25, 0.3) is 0 Å². The molecule has 0 aromatic heterocycles. The number of aliphatic hydroxyl groups excluding tert-OH is 1. The molecule has 0 aliphatic rings. The minimum absolute atomic E-state index is 0.532. The molecule has 4 nitrogen and oxygen atoms in total. The van der Waals surface area contributed by atoms with Gasteiger partial charge in [0.1, 0.15) is 11.2 Å². The number of aliphatic carboxylic acids is 1. The van der Waals surface area contributed by atoms with E-state index in [0.29, 0.717) is 16.9 Å². The number of carboxylic acid groups (broad SMARTS) is 1. The molecular formula is C17H18O4. The third-order valence-corrected chi connectivity index (χ3v) is 3.80. The largest absolute Gasteiger partial charge is 0.497 e. The Kier molecular flexibility index (Phi) is 4.29. The Bertz CT molecular complexity index is 606. The summed E-state index contributed by atoms with van der Waals surface area (Å²) in [6, 6.07) is 15.5. The maximum absolute atomic E-state index is 11.8. The van der Waals surface area contributed by atoms with E-state index >= 15 is 0 Å². The lowest BCUT2D eigenvalue weighted by molar-refractivity contribution is -0.148.